The Hall–Kier alpha value is -1.51. The standard InChI is InChI=1S/C9H9ClN4O3S/c1-6-2-11-8(17-6)5-14-18(15,16)7-3-12-9(10)13-4-7/h2-4,14H,5H2,1H3. The highest BCUT2D eigenvalue weighted by Gasteiger charge is 2.16. The van der Waals surface area contributed by atoms with Gasteiger partial charge in [-0.3, -0.25) is 0 Å². The largest absolute Gasteiger partial charge is 0.445 e. The number of aryl methyl sites for hydroxylation is 1. The van der Waals surface area contributed by atoms with E-state index in [1.54, 1.807) is 6.92 Å². The maximum absolute atomic E-state index is 11.8. The predicted octanol–water partition coefficient (Wildman–Crippen LogP) is 0.905. The summed E-state index contributed by atoms with van der Waals surface area (Å²) in [4.78, 5) is 11.0. The van der Waals surface area contributed by atoms with E-state index in [4.69, 9.17) is 16.0 Å². The molecule has 0 aliphatic carbocycles. The zero-order valence-corrected chi connectivity index (χ0v) is 10.9. The third kappa shape index (κ3) is 3.03. The summed E-state index contributed by atoms with van der Waals surface area (Å²) in [5, 5.41) is -0.0164. The second kappa shape index (κ2) is 5.01. The maximum Gasteiger partial charge on any atom is 0.244 e. The lowest BCUT2D eigenvalue weighted by Crippen LogP contribution is -2.23. The molecule has 2 rings (SSSR count). The molecule has 0 aromatic carbocycles. The lowest BCUT2D eigenvalue weighted by molar-refractivity contribution is 0.463. The number of rotatable bonds is 4. The molecule has 0 aliphatic rings. The molecule has 0 amide bonds. The van der Waals surface area contributed by atoms with Crippen LogP contribution < -0.4 is 4.72 Å². The molecule has 0 radical (unpaired) electrons. The Kier molecular flexibility index (Phi) is 3.60. The van der Waals surface area contributed by atoms with Crippen LogP contribution in [0.15, 0.2) is 27.9 Å². The molecule has 2 heterocycles. The molecule has 9 heteroatoms. The Morgan fingerprint density at radius 2 is 1.94 bits per heavy atom. The average molecular weight is 289 g/mol. The zero-order chi connectivity index (χ0) is 13.2. The molecule has 7 nitrogen and oxygen atoms in total. The van der Waals surface area contributed by atoms with Crippen LogP contribution in [0.5, 0.6) is 0 Å². The Morgan fingerprint density at radius 3 is 2.50 bits per heavy atom. The zero-order valence-electron chi connectivity index (χ0n) is 9.29. The lowest BCUT2D eigenvalue weighted by Gasteiger charge is -2.03. The molecular formula is C9H9ClN4O3S. The summed E-state index contributed by atoms with van der Waals surface area (Å²) in [5.74, 6) is 0.894. The number of halogens is 1. The van der Waals surface area contributed by atoms with Gasteiger partial charge in [0, 0.05) is 0 Å². The number of hydrogen-bond donors (Lipinski definition) is 1. The van der Waals surface area contributed by atoms with Crippen LogP contribution in [0.3, 0.4) is 0 Å². The van der Waals surface area contributed by atoms with Crippen LogP contribution in [0, 0.1) is 6.92 Å². The minimum Gasteiger partial charge on any atom is -0.445 e. The van der Waals surface area contributed by atoms with E-state index in [-0.39, 0.29) is 22.6 Å². The third-order valence-electron chi connectivity index (χ3n) is 1.99. The fourth-order valence-corrected chi connectivity index (χ4v) is 2.12. The van der Waals surface area contributed by atoms with Crippen molar-refractivity contribution >= 4 is 21.6 Å². The van der Waals surface area contributed by atoms with Gasteiger partial charge in [-0.25, -0.2) is 28.1 Å². The molecule has 0 fully saturated rings. The fourth-order valence-electron chi connectivity index (χ4n) is 1.16. The van der Waals surface area contributed by atoms with E-state index < -0.39 is 10.0 Å². The van der Waals surface area contributed by atoms with Crippen LogP contribution in [0.1, 0.15) is 11.7 Å². The van der Waals surface area contributed by atoms with Crippen LogP contribution in [0.4, 0.5) is 0 Å². The van der Waals surface area contributed by atoms with Gasteiger partial charge in [0.1, 0.15) is 10.7 Å². The summed E-state index contributed by atoms with van der Waals surface area (Å²) in [6.45, 7) is 1.68. The quantitative estimate of drug-likeness (QED) is 0.840. The van der Waals surface area contributed by atoms with Crippen LogP contribution in [0.2, 0.25) is 5.28 Å². The van der Waals surface area contributed by atoms with Crippen molar-refractivity contribution in [1.29, 1.82) is 0 Å². The van der Waals surface area contributed by atoms with E-state index in [1.807, 2.05) is 0 Å². The van der Waals surface area contributed by atoms with Gasteiger partial charge in [0.15, 0.2) is 0 Å². The maximum atomic E-state index is 11.8. The second-order valence-electron chi connectivity index (χ2n) is 3.38. The van der Waals surface area contributed by atoms with Crippen molar-refractivity contribution in [3.05, 3.63) is 35.5 Å². The monoisotopic (exact) mass is 288 g/mol. The predicted molar refractivity (Wildman–Crippen MR) is 62.3 cm³/mol. The number of oxazole rings is 1. The highest BCUT2D eigenvalue weighted by atomic mass is 35.5. The van der Waals surface area contributed by atoms with Crippen LogP contribution >= 0.6 is 11.6 Å². The van der Waals surface area contributed by atoms with E-state index in [0.717, 1.165) is 12.4 Å². The molecule has 0 bridgehead atoms. The molecule has 0 atom stereocenters. The Morgan fingerprint density at radius 1 is 1.28 bits per heavy atom. The second-order valence-corrected chi connectivity index (χ2v) is 5.48. The summed E-state index contributed by atoms with van der Waals surface area (Å²) < 4.78 is 31.1. The summed E-state index contributed by atoms with van der Waals surface area (Å²) in [6.07, 6.45) is 3.76. The minimum atomic E-state index is -3.70. The van der Waals surface area contributed by atoms with Crippen molar-refractivity contribution in [3.8, 4) is 0 Å². The van der Waals surface area contributed by atoms with Crippen LogP contribution in [0.25, 0.3) is 0 Å². The molecule has 0 spiro atoms. The number of aromatic nitrogens is 3. The van der Waals surface area contributed by atoms with Crippen LogP contribution in [-0.4, -0.2) is 23.4 Å². The number of hydrogen-bond acceptors (Lipinski definition) is 6. The number of sulfonamides is 1. The van der Waals surface area contributed by atoms with Gasteiger partial charge in [-0.05, 0) is 18.5 Å². The normalized spacial score (nSPS) is 11.7. The van der Waals surface area contributed by atoms with Gasteiger partial charge in [0.2, 0.25) is 21.2 Å². The molecular weight excluding hydrogens is 280 g/mol. The first-order valence-corrected chi connectivity index (χ1v) is 6.72. The van der Waals surface area contributed by atoms with Gasteiger partial charge in [-0.15, -0.1) is 0 Å². The van der Waals surface area contributed by atoms with Crippen LogP contribution in [-0.2, 0) is 16.6 Å². The molecule has 1 N–H and O–H groups in total. The molecule has 96 valence electrons. The van der Waals surface area contributed by atoms with Crippen molar-refractivity contribution in [2.45, 2.75) is 18.4 Å². The van der Waals surface area contributed by atoms with E-state index in [9.17, 15) is 8.42 Å². The highest BCUT2D eigenvalue weighted by molar-refractivity contribution is 7.89. The molecule has 0 unspecified atom stereocenters. The van der Waals surface area contributed by atoms with E-state index in [2.05, 4.69) is 19.7 Å². The SMILES string of the molecule is Cc1cnc(CNS(=O)(=O)c2cnc(Cl)nc2)o1. The summed E-state index contributed by atoms with van der Waals surface area (Å²) in [7, 11) is -3.70. The number of nitrogens with zero attached hydrogens (tertiary/aromatic N) is 3. The van der Waals surface area contributed by atoms with Gasteiger partial charge in [0.25, 0.3) is 0 Å². The topological polar surface area (TPSA) is 98.0 Å². The van der Waals surface area contributed by atoms with Gasteiger partial charge < -0.3 is 4.42 Å². The summed E-state index contributed by atoms with van der Waals surface area (Å²) in [6, 6.07) is 0. The Balaban J connectivity index is 2.10. The van der Waals surface area contributed by atoms with Gasteiger partial charge in [-0.1, -0.05) is 0 Å². The van der Waals surface area contributed by atoms with Gasteiger partial charge in [-0.2, -0.15) is 0 Å². The van der Waals surface area contributed by atoms with Gasteiger partial charge >= 0.3 is 0 Å². The van der Waals surface area contributed by atoms with E-state index >= 15 is 0 Å². The van der Waals surface area contributed by atoms with Crippen molar-refractivity contribution in [2.75, 3.05) is 0 Å². The smallest absolute Gasteiger partial charge is 0.244 e. The first-order valence-electron chi connectivity index (χ1n) is 4.86. The number of nitrogens with one attached hydrogen (secondary N) is 1. The molecule has 0 saturated carbocycles. The first-order chi connectivity index (χ1) is 8.47. The van der Waals surface area contributed by atoms with Crippen molar-refractivity contribution in [1.82, 2.24) is 19.7 Å². The fraction of sp³-hybridized carbons (Fsp3) is 0.222. The van der Waals surface area contributed by atoms with E-state index in [0.29, 0.717) is 5.76 Å². The summed E-state index contributed by atoms with van der Waals surface area (Å²) in [5.41, 5.74) is 0. The van der Waals surface area contributed by atoms with Crippen molar-refractivity contribution in [2.24, 2.45) is 0 Å². The lowest BCUT2D eigenvalue weighted by atomic mass is 10.6. The van der Waals surface area contributed by atoms with Crippen molar-refractivity contribution < 1.29 is 12.8 Å². The Labute approximate surface area is 108 Å². The van der Waals surface area contributed by atoms with Crippen molar-refractivity contribution in [3.63, 3.8) is 0 Å². The van der Waals surface area contributed by atoms with E-state index in [1.165, 1.54) is 6.20 Å². The third-order valence-corrected chi connectivity index (χ3v) is 3.54. The first kappa shape index (κ1) is 12.9. The molecule has 0 aliphatic heterocycles. The molecule has 2 aromatic heterocycles. The molecule has 2 aromatic rings. The highest BCUT2D eigenvalue weighted by Crippen LogP contribution is 2.09. The molecule has 0 saturated heterocycles. The minimum absolute atomic E-state index is 0.0164. The molecule has 18 heavy (non-hydrogen) atoms. The average Bonchev–Trinajstić information content (AvgIpc) is 2.73. The summed E-state index contributed by atoms with van der Waals surface area (Å²) >= 11 is 5.48. The Bertz CT molecular complexity index is 638. The van der Waals surface area contributed by atoms with Gasteiger partial charge in [0.05, 0.1) is 25.1 Å².